The predicted octanol–water partition coefficient (Wildman–Crippen LogP) is 3.04. The molecule has 1 aliphatic heterocycles. The predicted molar refractivity (Wildman–Crippen MR) is 90.7 cm³/mol. The molecule has 0 saturated heterocycles. The molecule has 0 fully saturated rings. The molecule has 0 aliphatic carbocycles. The number of rotatable bonds is 5. The van der Waals surface area contributed by atoms with Gasteiger partial charge in [0.25, 0.3) is 0 Å². The van der Waals surface area contributed by atoms with E-state index in [0.29, 0.717) is 18.8 Å². The molecule has 0 saturated carbocycles. The standard InChI is InChI=1S/C18H23N3O2/c1-18(2,22)5-7-23-16-9-15(10-19-12-16)14-8-13-4-3-6-20-17(13)21-11-14/h8-12,22H,3-7H2,1-2H3,(H,20,21). The molecule has 0 bridgehead atoms. The highest BCUT2D eigenvalue weighted by Crippen LogP contribution is 2.27. The third-order valence-corrected chi connectivity index (χ3v) is 3.91. The number of nitrogens with zero attached hydrogens (tertiary/aromatic N) is 2. The van der Waals surface area contributed by atoms with E-state index in [4.69, 9.17) is 4.74 Å². The lowest BCUT2D eigenvalue weighted by Gasteiger charge is -2.18. The number of pyridine rings is 2. The van der Waals surface area contributed by atoms with Crippen molar-refractivity contribution in [3.05, 3.63) is 36.3 Å². The maximum atomic E-state index is 9.73. The van der Waals surface area contributed by atoms with E-state index in [-0.39, 0.29) is 0 Å². The molecule has 2 N–H and O–H groups in total. The van der Waals surface area contributed by atoms with Crippen molar-refractivity contribution in [2.75, 3.05) is 18.5 Å². The minimum atomic E-state index is -0.722. The first kappa shape index (κ1) is 15.7. The fraction of sp³-hybridized carbons (Fsp3) is 0.444. The number of aromatic nitrogens is 2. The summed E-state index contributed by atoms with van der Waals surface area (Å²) in [6.45, 7) is 5.00. The first-order valence-corrected chi connectivity index (χ1v) is 8.05. The molecule has 2 aromatic heterocycles. The van der Waals surface area contributed by atoms with Gasteiger partial charge in [-0.25, -0.2) is 4.98 Å². The van der Waals surface area contributed by atoms with E-state index in [1.54, 1.807) is 20.0 Å². The van der Waals surface area contributed by atoms with Gasteiger partial charge in [0, 0.05) is 36.5 Å². The van der Waals surface area contributed by atoms with Gasteiger partial charge in [0.1, 0.15) is 11.6 Å². The zero-order valence-corrected chi connectivity index (χ0v) is 13.7. The van der Waals surface area contributed by atoms with Crippen molar-refractivity contribution in [2.24, 2.45) is 0 Å². The van der Waals surface area contributed by atoms with E-state index in [0.717, 1.165) is 36.3 Å². The lowest BCUT2D eigenvalue weighted by atomic mass is 10.0. The molecule has 3 heterocycles. The monoisotopic (exact) mass is 313 g/mol. The highest BCUT2D eigenvalue weighted by molar-refractivity contribution is 5.66. The second kappa shape index (κ2) is 6.54. The number of nitrogens with one attached hydrogen (secondary N) is 1. The molecule has 1 aliphatic rings. The van der Waals surface area contributed by atoms with Crippen molar-refractivity contribution in [1.29, 1.82) is 0 Å². The molecule has 122 valence electrons. The number of hydrogen-bond acceptors (Lipinski definition) is 5. The number of aryl methyl sites for hydroxylation is 1. The molecule has 3 rings (SSSR count). The number of ether oxygens (including phenoxy) is 1. The van der Waals surface area contributed by atoms with Crippen LogP contribution in [0, 0.1) is 0 Å². The average Bonchev–Trinajstić information content (AvgIpc) is 2.53. The molecule has 0 unspecified atom stereocenters. The molecule has 23 heavy (non-hydrogen) atoms. The summed E-state index contributed by atoms with van der Waals surface area (Å²) in [5.41, 5.74) is 2.57. The molecule has 0 amide bonds. The molecule has 0 spiro atoms. The summed E-state index contributed by atoms with van der Waals surface area (Å²) in [7, 11) is 0. The summed E-state index contributed by atoms with van der Waals surface area (Å²) in [5.74, 6) is 1.70. The molecule has 0 atom stereocenters. The summed E-state index contributed by atoms with van der Waals surface area (Å²) in [4.78, 5) is 8.76. The van der Waals surface area contributed by atoms with Gasteiger partial charge in [0.15, 0.2) is 0 Å². The van der Waals surface area contributed by atoms with E-state index in [1.165, 1.54) is 5.56 Å². The first-order valence-electron chi connectivity index (χ1n) is 8.05. The van der Waals surface area contributed by atoms with Crippen molar-refractivity contribution in [2.45, 2.75) is 38.7 Å². The normalized spacial score (nSPS) is 14.0. The fourth-order valence-corrected chi connectivity index (χ4v) is 2.58. The topological polar surface area (TPSA) is 67.3 Å². The molecule has 0 aromatic carbocycles. The van der Waals surface area contributed by atoms with Crippen molar-refractivity contribution in [3.63, 3.8) is 0 Å². The minimum absolute atomic E-state index is 0.459. The zero-order valence-electron chi connectivity index (χ0n) is 13.7. The first-order chi connectivity index (χ1) is 11.0. The van der Waals surface area contributed by atoms with Gasteiger partial charge in [-0.3, -0.25) is 4.98 Å². The summed E-state index contributed by atoms with van der Waals surface area (Å²) in [6.07, 6.45) is 8.15. The lowest BCUT2D eigenvalue weighted by Crippen LogP contribution is -2.21. The molecule has 5 heteroatoms. The Bertz CT molecular complexity index is 680. The SMILES string of the molecule is CC(C)(O)CCOc1cncc(-c2cnc3c(c2)CCCN3)c1. The second-order valence-electron chi connectivity index (χ2n) is 6.58. The van der Waals surface area contributed by atoms with Crippen LogP contribution in [0.3, 0.4) is 0 Å². The number of aliphatic hydroxyl groups is 1. The largest absolute Gasteiger partial charge is 0.492 e. The Kier molecular flexibility index (Phi) is 4.48. The number of anilines is 1. The van der Waals surface area contributed by atoms with Gasteiger partial charge in [0.2, 0.25) is 0 Å². The van der Waals surface area contributed by atoms with Crippen LogP contribution in [0.15, 0.2) is 30.7 Å². The summed E-state index contributed by atoms with van der Waals surface area (Å²) < 4.78 is 5.70. The van der Waals surface area contributed by atoms with E-state index in [1.807, 2.05) is 18.5 Å². The van der Waals surface area contributed by atoms with E-state index in [2.05, 4.69) is 21.4 Å². The van der Waals surface area contributed by atoms with Crippen LogP contribution >= 0.6 is 0 Å². The highest BCUT2D eigenvalue weighted by atomic mass is 16.5. The molecule has 0 radical (unpaired) electrons. The molecular weight excluding hydrogens is 290 g/mol. The van der Waals surface area contributed by atoms with Crippen LogP contribution in [0.2, 0.25) is 0 Å². The van der Waals surface area contributed by atoms with Crippen LogP contribution in [0.4, 0.5) is 5.82 Å². The third kappa shape index (κ3) is 4.20. The Balaban J connectivity index is 1.74. The average molecular weight is 313 g/mol. The van der Waals surface area contributed by atoms with Crippen molar-refractivity contribution in [1.82, 2.24) is 9.97 Å². The van der Waals surface area contributed by atoms with Crippen LogP contribution in [0.1, 0.15) is 32.3 Å². The molecular formula is C18H23N3O2. The molecule has 2 aromatic rings. The van der Waals surface area contributed by atoms with Crippen molar-refractivity contribution < 1.29 is 9.84 Å². The van der Waals surface area contributed by atoms with Gasteiger partial charge >= 0.3 is 0 Å². The van der Waals surface area contributed by atoms with Crippen LogP contribution in [0.5, 0.6) is 5.75 Å². The summed E-state index contributed by atoms with van der Waals surface area (Å²) >= 11 is 0. The van der Waals surface area contributed by atoms with E-state index < -0.39 is 5.60 Å². The van der Waals surface area contributed by atoms with Crippen LogP contribution in [-0.4, -0.2) is 33.8 Å². The highest BCUT2D eigenvalue weighted by Gasteiger charge is 2.13. The Hall–Kier alpha value is -2.14. The maximum Gasteiger partial charge on any atom is 0.138 e. The number of fused-ring (bicyclic) bond motifs is 1. The Labute approximate surface area is 136 Å². The number of hydrogen-bond donors (Lipinski definition) is 2. The Morgan fingerprint density at radius 3 is 2.87 bits per heavy atom. The van der Waals surface area contributed by atoms with Crippen LogP contribution in [0.25, 0.3) is 11.1 Å². The summed E-state index contributed by atoms with van der Waals surface area (Å²) in [5, 5.41) is 13.1. The zero-order chi connectivity index (χ0) is 16.3. The summed E-state index contributed by atoms with van der Waals surface area (Å²) in [6, 6.07) is 4.14. The van der Waals surface area contributed by atoms with Crippen molar-refractivity contribution >= 4 is 5.82 Å². The quantitative estimate of drug-likeness (QED) is 0.888. The Morgan fingerprint density at radius 1 is 1.22 bits per heavy atom. The van der Waals surface area contributed by atoms with E-state index in [9.17, 15) is 5.11 Å². The third-order valence-electron chi connectivity index (χ3n) is 3.91. The second-order valence-corrected chi connectivity index (χ2v) is 6.58. The van der Waals surface area contributed by atoms with Crippen LogP contribution in [-0.2, 0) is 6.42 Å². The fourth-order valence-electron chi connectivity index (χ4n) is 2.58. The van der Waals surface area contributed by atoms with Gasteiger partial charge < -0.3 is 15.2 Å². The minimum Gasteiger partial charge on any atom is -0.492 e. The Morgan fingerprint density at radius 2 is 2.04 bits per heavy atom. The van der Waals surface area contributed by atoms with Gasteiger partial charge in [-0.15, -0.1) is 0 Å². The van der Waals surface area contributed by atoms with Gasteiger partial charge in [-0.2, -0.15) is 0 Å². The van der Waals surface area contributed by atoms with E-state index >= 15 is 0 Å². The van der Waals surface area contributed by atoms with Gasteiger partial charge in [-0.1, -0.05) is 0 Å². The molecule has 5 nitrogen and oxygen atoms in total. The lowest BCUT2D eigenvalue weighted by molar-refractivity contribution is 0.0553. The smallest absolute Gasteiger partial charge is 0.138 e. The van der Waals surface area contributed by atoms with Gasteiger partial charge in [0.05, 0.1) is 18.4 Å². The van der Waals surface area contributed by atoms with Crippen LogP contribution < -0.4 is 10.1 Å². The van der Waals surface area contributed by atoms with Crippen molar-refractivity contribution in [3.8, 4) is 16.9 Å². The maximum absolute atomic E-state index is 9.73. The van der Waals surface area contributed by atoms with Gasteiger partial charge in [-0.05, 0) is 44.4 Å².